The Bertz CT molecular complexity index is 302. The van der Waals surface area contributed by atoms with Crippen LogP contribution in [-0.4, -0.2) is 11.2 Å². The summed E-state index contributed by atoms with van der Waals surface area (Å²) in [5.41, 5.74) is 2.45. The van der Waals surface area contributed by atoms with Gasteiger partial charge >= 0.3 is 0 Å². The Morgan fingerprint density at radius 2 is 1.92 bits per heavy atom. The highest BCUT2D eigenvalue weighted by molar-refractivity contribution is 5.30. The number of aliphatic hydroxyl groups is 1. The molecule has 1 aromatic rings. The molecular formula is C12H14O. The predicted octanol–water partition coefficient (Wildman–Crippen LogP) is 2.48. The van der Waals surface area contributed by atoms with Gasteiger partial charge in [-0.05, 0) is 18.4 Å². The molecule has 13 heavy (non-hydrogen) atoms. The van der Waals surface area contributed by atoms with Gasteiger partial charge in [0.1, 0.15) is 0 Å². The molecule has 1 nitrogen and oxygen atoms in total. The Balaban J connectivity index is 2.23. The minimum absolute atomic E-state index is 0.183. The number of aliphatic hydroxyl groups excluding tert-OH is 1. The third-order valence-electron chi connectivity index (χ3n) is 2.70. The van der Waals surface area contributed by atoms with E-state index in [4.69, 9.17) is 0 Å². The molecule has 0 unspecified atom stereocenters. The fourth-order valence-electron chi connectivity index (χ4n) is 2.02. The van der Waals surface area contributed by atoms with Crippen LogP contribution in [0.15, 0.2) is 42.5 Å². The summed E-state index contributed by atoms with van der Waals surface area (Å²) in [5, 5.41) is 9.47. The van der Waals surface area contributed by atoms with E-state index in [1.165, 1.54) is 11.1 Å². The standard InChI is InChI=1S/C12H14O/c1-9-7-11(13)8-12(9)10-5-3-2-4-6-10/h2-6,11-13H,1,7-8H2/t11-,12-/m1/s1. The third-order valence-corrected chi connectivity index (χ3v) is 2.70. The highest BCUT2D eigenvalue weighted by Crippen LogP contribution is 2.37. The van der Waals surface area contributed by atoms with Crippen LogP contribution in [0.25, 0.3) is 0 Å². The van der Waals surface area contributed by atoms with E-state index in [-0.39, 0.29) is 6.10 Å². The number of benzene rings is 1. The van der Waals surface area contributed by atoms with Gasteiger partial charge in [0.2, 0.25) is 0 Å². The molecule has 0 aromatic heterocycles. The van der Waals surface area contributed by atoms with Crippen molar-refractivity contribution in [3.63, 3.8) is 0 Å². The molecule has 1 fully saturated rings. The van der Waals surface area contributed by atoms with Crippen LogP contribution in [-0.2, 0) is 0 Å². The van der Waals surface area contributed by atoms with Crippen molar-refractivity contribution in [1.29, 1.82) is 0 Å². The number of rotatable bonds is 1. The molecule has 2 rings (SSSR count). The maximum atomic E-state index is 9.47. The van der Waals surface area contributed by atoms with Crippen molar-refractivity contribution in [2.75, 3.05) is 0 Å². The molecule has 0 aliphatic heterocycles. The van der Waals surface area contributed by atoms with Crippen molar-refractivity contribution in [2.24, 2.45) is 0 Å². The van der Waals surface area contributed by atoms with Gasteiger partial charge < -0.3 is 5.11 Å². The second-order valence-electron chi connectivity index (χ2n) is 3.72. The van der Waals surface area contributed by atoms with E-state index in [1.54, 1.807) is 0 Å². The highest BCUT2D eigenvalue weighted by atomic mass is 16.3. The lowest BCUT2D eigenvalue weighted by Gasteiger charge is -2.10. The Kier molecular flexibility index (Phi) is 2.19. The minimum atomic E-state index is -0.183. The first kappa shape index (κ1) is 8.52. The molecule has 0 heterocycles. The zero-order valence-electron chi connectivity index (χ0n) is 7.61. The average Bonchev–Trinajstić information content (AvgIpc) is 2.47. The van der Waals surface area contributed by atoms with Crippen LogP contribution in [0.4, 0.5) is 0 Å². The summed E-state index contributed by atoms with van der Waals surface area (Å²) in [5.74, 6) is 0.371. The van der Waals surface area contributed by atoms with Crippen LogP contribution in [0.5, 0.6) is 0 Å². The molecule has 0 amide bonds. The van der Waals surface area contributed by atoms with Gasteiger partial charge in [0.25, 0.3) is 0 Å². The van der Waals surface area contributed by atoms with Crippen LogP contribution < -0.4 is 0 Å². The normalized spacial score (nSPS) is 27.9. The summed E-state index contributed by atoms with van der Waals surface area (Å²) >= 11 is 0. The highest BCUT2D eigenvalue weighted by Gasteiger charge is 2.27. The van der Waals surface area contributed by atoms with Crippen molar-refractivity contribution in [2.45, 2.75) is 24.9 Å². The van der Waals surface area contributed by atoms with Gasteiger partial charge in [-0.2, -0.15) is 0 Å². The molecule has 1 aliphatic carbocycles. The smallest absolute Gasteiger partial charge is 0.0586 e. The van der Waals surface area contributed by atoms with Gasteiger partial charge in [-0.3, -0.25) is 0 Å². The zero-order valence-corrected chi connectivity index (χ0v) is 7.61. The quantitative estimate of drug-likeness (QED) is 0.648. The van der Waals surface area contributed by atoms with E-state index in [0.29, 0.717) is 5.92 Å². The average molecular weight is 174 g/mol. The lowest BCUT2D eigenvalue weighted by atomic mass is 9.95. The summed E-state index contributed by atoms with van der Waals surface area (Å²) in [6.07, 6.45) is 1.42. The fourth-order valence-corrected chi connectivity index (χ4v) is 2.02. The van der Waals surface area contributed by atoms with E-state index >= 15 is 0 Å². The van der Waals surface area contributed by atoms with E-state index in [9.17, 15) is 5.11 Å². The van der Waals surface area contributed by atoms with Gasteiger partial charge in [-0.15, -0.1) is 0 Å². The fraction of sp³-hybridized carbons (Fsp3) is 0.333. The van der Waals surface area contributed by atoms with E-state index in [2.05, 4.69) is 18.7 Å². The van der Waals surface area contributed by atoms with Crippen molar-refractivity contribution >= 4 is 0 Å². The van der Waals surface area contributed by atoms with E-state index in [1.807, 2.05) is 18.2 Å². The lowest BCUT2D eigenvalue weighted by Crippen LogP contribution is -1.99. The van der Waals surface area contributed by atoms with Crippen LogP contribution >= 0.6 is 0 Å². The molecule has 2 atom stereocenters. The number of hydrogen-bond acceptors (Lipinski definition) is 1. The Labute approximate surface area is 78.7 Å². The Morgan fingerprint density at radius 1 is 1.23 bits per heavy atom. The molecule has 0 bridgehead atoms. The Morgan fingerprint density at radius 3 is 2.46 bits per heavy atom. The van der Waals surface area contributed by atoms with Crippen LogP contribution in [0.3, 0.4) is 0 Å². The molecule has 1 saturated carbocycles. The molecule has 0 radical (unpaired) electrons. The summed E-state index contributed by atoms with van der Waals surface area (Å²) in [6, 6.07) is 10.3. The van der Waals surface area contributed by atoms with Gasteiger partial charge in [0, 0.05) is 5.92 Å². The van der Waals surface area contributed by atoms with Crippen LogP contribution in [0, 0.1) is 0 Å². The molecular weight excluding hydrogens is 160 g/mol. The summed E-state index contributed by atoms with van der Waals surface area (Å²) in [6.45, 7) is 4.00. The summed E-state index contributed by atoms with van der Waals surface area (Å²) in [7, 11) is 0. The summed E-state index contributed by atoms with van der Waals surface area (Å²) < 4.78 is 0. The summed E-state index contributed by atoms with van der Waals surface area (Å²) in [4.78, 5) is 0. The molecule has 0 spiro atoms. The van der Waals surface area contributed by atoms with Gasteiger partial charge in [-0.25, -0.2) is 0 Å². The first-order chi connectivity index (χ1) is 6.27. The number of hydrogen-bond donors (Lipinski definition) is 1. The molecule has 1 N–H and O–H groups in total. The van der Waals surface area contributed by atoms with Crippen LogP contribution in [0.1, 0.15) is 24.3 Å². The topological polar surface area (TPSA) is 20.2 Å². The van der Waals surface area contributed by atoms with Crippen molar-refractivity contribution in [3.8, 4) is 0 Å². The minimum Gasteiger partial charge on any atom is -0.393 e. The van der Waals surface area contributed by atoms with E-state index in [0.717, 1.165) is 12.8 Å². The molecule has 1 aliphatic rings. The zero-order chi connectivity index (χ0) is 9.26. The maximum absolute atomic E-state index is 9.47. The van der Waals surface area contributed by atoms with E-state index < -0.39 is 0 Å². The predicted molar refractivity (Wildman–Crippen MR) is 53.6 cm³/mol. The first-order valence-electron chi connectivity index (χ1n) is 4.68. The molecule has 1 aromatic carbocycles. The second kappa shape index (κ2) is 3.35. The maximum Gasteiger partial charge on any atom is 0.0586 e. The third kappa shape index (κ3) is 1.65. The first-order valence-corrected chi connectivity index (χ1v) is 4.68. The van der Waals surface area contributed by atoms with Gasteiger partial charge in [0.15, 0.2) is 0 Å². The molecule has 0 saturated heterocycles. The van der Waals surface area contributed by atoms with Gasteiger partial charge in [0.05, 0.1) is 6.10 Å². The van der Waals surface area contributed by atoms with Crippen molar-refractivity contribution < 1.29 is 5.11 Å². The van der Waals surface area contributed by atoms with Crippen LogP contribution in [0.2, 0.25) is 0 Å². The molecule has 1 heteroatoms. The second-order valence-corrected chi connectivity index (χ2v) is 3.72. The lowest BCUT2D eigenvalue weighted by molar-refractivity contribution is 0.183. The molecule has 68 valence electrons. The largest absolute Gasteiger partial charge is 0.393 e. The van der Waals surface area contributed by atoms with Gasteiger partial charge in [-0.1, -0.05) is 42.5 Å². The van der Waals surface area contributed by atoms with Crippen molar-refractivity contribution in [3.05, 3.63) is 48.0 Å². The monoisotopic (exact) mass is 174 g/mol. The SMILES string of the molecule is C=C1C[C@@H](O)C[C@H]1c1ccccc1. The Hall–Kier alpha value is -1.08. The van der Waals surface area contributed by atoms with Crippen molar-refractivity contribution in [1.82, 2.24) is 0 Å².